The van der Waals surface area contributed by atoms with Crippen LogP contribution in [0.5, 0.6) is 0 Å². The van der Waals surface area contributed by atoms with Crippen LogP contribution in [0.2, 0.25) is 0 Å². The Labute approximate surface area is 186 Å². The van der Waals surface area contributed by atoms with E-state index in [1.165, 1.54) is 41.7 Å². The molecule has 1 heterocycles. The maximum Gasteiger partial charge on any atom is 0.258 e. The van der Waals surface area contributed by atoms with E-state index >= 15 is 0 Å². The van der Waals surface area contributed by atoms with Crippen LogP contribution < -0.4 is 4.90 Å². The Balaban J connectivity index is 1.97. The number of hydrogen-bond donors (Lipinski definition) is 0. The van der Waals surface area contributed by atoms with Gasteiger partial charge in [-0.15, -0.1) is 0 Å². The first-order valence-electron chi connectivity index (χ1n) is 9.86. The monoisotopic (exact) mass is 459 g/mol. The molecule has 0 aliphatic rings. The van der Waals surface area contributed by atoms with Crippen LogP contribution in [0.3, 0.4) is 0 Å². The molecular weight excluding hydrogens is 436 g/mol. The molecule has 0 spiro atoms. The number of pyridine rings is 1. The van der Waals surface area contributed by atoms with E-state index in [4.69, 9.17) is 0 Å². The molecule has 1 aromatic heterocycles. The lowest BCUT2D eigenvalue weighted by molar-refractivity contribution is 0.0983. The van der Waals surface area contributed by atoms with Gasteiger partial charge in [0.1, 0.15) is 11.6 Å². The van der Waals surface area contributed by atoms with E-state index in [-0.39, 0.29) is 28.7 Å². The van der Waals surface area contributed by atoms with Crippen molar-refractivity contribution in [2.75, 3.05) is 11.9 Å². The highest BCUT2D eigenvalue weighted by Gasteiger charge is 2.25. The molecule has 168 valence electrons. The number of aromatic nitrogens is 1. The van der Waals surface area contributed by atoms with Gasteiger partial charge in [0.15, 0.2) is 0 Å². The lowest BCUT2D eigenvalue weighted by atomic mass is 10.1. The molecule has 32 heavy (non-hydrogen) atoms. The van der Waals surface area contributed by atoms with Crippen LogP contribution in [0.25, 0.3) is 0 Å². The van der Waals surface area contributed by atoms with E-state index in [0.29, 0.717) is 11.8 Å². The van der Waals surface area contributed by atoms with Crippen LogP contribution in [0, 0.1) is 11.6 Å². The van der Waals surface area contributed by atoms with Gasteiger partial charge in [0.05, 0.1) is 22.8 Å². The number of rotatable bonds is 7. The summed E-state index contributed by atoms with van der Waals surface area (Å²) < 4.78 is 54.5. The first-order chi connectivity index (χ1) is 15.1. The zero-order valence-electron chi connectivity index (χ0n) is 17.9. The van der Waals surface area contributed by atoms with E-state index in [1.807, 2.05) is 0 Å². The van der Waals surface area contributed by atoms with Gasteiger partial charge in [0, 0.05) is 30.9 Å². The molecule has 1 amide bonds. The lowest BCUT2D eigenvalue weighted by Gasteiger charge is -2.24. The first-order valence-corrected chi connectivity index (χ1v) is 11.3. The minimum atomic E-state index is -3.72. The van der Waals surface area contributed by atoms with Crippen LogP contribution in [0.4, 0.5) is 14.5 Å². The number of anilines is 1. The van der Waals surface area contributed by atoms with Crippen LogP contribution >= 0.6 is 0 Å². The van der Waals surface area contributed by atoms with Crippen molar-refractivity contribution in [3.05, 3.63) is 89.8 Å². The van der Waals surface area contributed by atoms with E-state index in [9.17, 15) is 22.0 Å². The minimum absolute atomic E-state index is 0.0366. The highest BCUT2D eigenvalue weighted by atomic mass is 32.2. The number of benzene rings is 2. The highest BCUT2D eigenvalue weighted by molar-refractivity contribution is 7.89. The summed E-state index contributed by atoms with van der Waals surface area (Å²) in [5.74, 6) is -2.24. The fourth-order valence-electron chi connectivity index (χ4n) is 2.99. The smallest absolute Gasteiger partial charge is 0.258 e. The third-order valence-electron chi connectivity index (χ3n) is 5.00. The van der Waals surface area contributed by atoms with E-state index in [2.05, 4.69) is 4.98 Å². The number of halogens is 2. The number of nitrogens with zero attached hydrogens (tertiary/aromatic N) is 3. The quantitative estimate of drug-likeness (QED) is 0.530. The second kappa shape index (κ2) is 9.54. The van der Waals surface area contributed by atoms with Gasteiger partial charge in [0.2, 0.25) is 10.0 Å². The van der Waals surface area contributed by atoms with E-state index in [1.54, 1.807) is 38.2 Å². The van der Waals surface area contributed by atoms with Crippen molar-refractivity contribution in [1.82, 2.24) is 9.29 Å². The molecule has 0 N–H and O–H groups in total. The predicted molar refractivity (Wildman–Crippen MR) is 118 cm³/mol. The molecule has 0 saturated heterocycles. The summed E-state index contributed by atoms with van der Waals surface area (Å²) in [7, 11) is -2.24. The van der Waals surface area contributed by atoms with Crippen molar-refractivity contribution in [2.45, 2.75) is 31.3 Å². The van der Waals surface area contributed by atoms with Crippen molar-refractivity contribution < 1.29 is 22.0 Å². The molecule has 0 fully saturated rings. The van der Waals surface area contributed by atoms with Crippen molar-refractivity contribution >= 4 is 21.6 Å². The van der Waals surface area contributed by atoms with Gasteiger partial charge in [-0.25, -0.2) is 17.2 Å². The number of carbonyl (C=O) groups excluding carboxylic acids is 1. The van der Waals surface area contributed by atoms with Gasteiger partial charge in [-0.05, 0) is 62.4 Å². The van der Waals surface area contributed by atoms with E-state index in [0.717, 1.165) is 11.0 Å². The summed E-state index contributed by atoms with van der Waals surface area (Å²) in [6.07, 6.45) is 1.55. The fourth-order valence-corrected chi connectivity index (χ4v) is 4.36. The third-order valence-corrected chi connectivity index (χ3v) is 7.05. The molecule has 0 aliphatic heterocycles. The molecule has 0 saturated carbocycles. The van der Waals surface area contributed by atoms with Crippen molar-refractivity contribution in [3.63, 3.8) is 0 Å². The van der Waals surface area contributed by atoms with Crippen LogP contribution in [0.15, 0.2) is 71.8 Å². The summed E-state index contributed by atoms with van der Waals surface area (Å²) >= 11 is 0. The molecule has 0 bridgehead atoms. The molecule has 3 rings (SSSR count). The Morgan fingerprint density at radius 1 is 1.03 bits per heavy atom. The second-order valence-corrected chi connectivity index (χ2v) is 9.44. The lowest BCUT2D eigenvalue weighted by Crippen LogP contribution is -2.33. The molecule has 0 unspecified atom stereocenters. The Bertz CT molecular complexity index is 1200. The molecule has 6 nitrogen and oxygen atoms in total. The molecule has 0 radical (unpaired) electrons. The topological polar surface area (TPSA) is 70.6 Å². The Morgan fingerprint density at radius 3 is 2.28 bits per heavy atom. The molecule has 2 aromatic carbocycles. The van der Waals surface area contributed by atoms with Crippen LogP contribution in [-0.4, -0.2) is 36.7 Å². The summed E-state index contributed by atoms with van der Waals surface area (Å²) in [6.45, 7) is 3.45. The zero-order valence-corrected chi connectivity index (χ0v) is 18.7. The normalized spacial score (nSPS) is 11.7. The summed E-state index contributed by atoms with van der Waals surface area (Å²) in [6, 6.07) is 13.2. The highest BCUT2D eigenvalue weighted by Crippen LogP contribution is 2.25. The Morgan fingerprint density at radius 2 is 1.72 bits per heavy atom. The zero-order chi connectivity index (χ0) is 23.5. The molecule has 0 atom stereocenters. The average Bonchev–Trinajstić information content (AvgIpc) is 2.77. The van der Waals surface area contributed by atoms with E-state index < -0.39 is 27.6 Å². The van der Waals surface area contributed by atoms with Crippen molar-refractivity contribution in [1.29, 1.82) is 0 Å². The predicted octanol–water partition coefficient (Wildman–Crippen LogP) is 4.24. The van der Waals surface area contributed by atoms with Gasteiger partial charge in [-0.2, -0.15) is 4.31 Å². The van der Waals surface area contributed by atoms with Crippen molar-refractivity contribution in [3.8, 4) is 0 Å². The third kappa shape index (κ3) is 5.00. The summed E-state index contributed by atoms with van der Waals surface area (Å²) in [4.78, 5) is 18.6. The molecule has 9 heteroatoms. The second-order valence-electron chi connectivity index (χ2n) is 7.45. The van der Waals surface area contributed by atoms with Gasteiger partial charge < -0.3 is 0 Å². The first kappa shape index (κ1) is 23.5. The number of amides is 1. The van der Waals surface area contributed by atoms with Gasteiger partial charge in [-0.3, -0.25) is 14.7 Å². The number of sulfonamides is 1. The Hall–Kier alpha value is -3.17. The van der Waals surface area contributed by atoms with Crippen LogP contribution in [-0.2, 0) is 16.6 Å². The van der Waals surface area contributed by atoms with Gasteiger partial charge in [0.25, 0.3) is 5.91 Å². The van der Waals surface area contributed by atoms with Gasteiger partial charge >= 0.3 is 0 Å². The Kier molecular flexibility index (Phi) is 7.00. The average molecular weight is 460 g/mol. The van der Waals surface area contributed by atoms with Gasteiger partial charge in [-0.1, -0.05) is 6.07 Å². The molecule has 3 aromatic rings. The van der Waals surface area contributed by atoms with Crippen LogP contribution in [0.1, 0.15) is 29.9 Å². The standard InChI is InChI=1S/C23H23F2N3O3S/c1-16(2)27(3)32(30,31)20-10-7-17(8-11-20)23(29)28(15-19-6-4-5-13-26-19)22-12-9-18(24)14-21(22)25/h4-14,16H,15H2,1-3H3. The minimum Gasteiger partial charge on any atom is -0.299 e. The summed E-state index contributed by atoms with van der Waals surface area (Å²) in [5, 5.41) is 0. The number of hydrogen-bond acceptors (Lipinski definition) is 4. The maximum absolute atomic E-state index is 14.5. The largest absolute Gasteiger partial charge is 0.299 e. The fraction of sp³-hybridized carbons (Fsp3) is 0.217. The number of carbonyl (C=O) groups is 1. The maximum atomic E-state index is 14.5. The molecule has 0 aliphatic carbocycles. The summed E-state index contributed by atoms with van der Waals surface area (Å²) in [5.41, 5.74) is 0.538. The van der Waals surface area contributed by atoms with Crippen molar-refractivity contribution in [2.24, 2.45) is 0 Å². The molecular formula is C23H23F2N3O3S. The SMILES string of the molecule is CC(C)N(C)S(=O)(=O)c1ccc(C(=O)N(Cc2ccccn2)c2ccc(F)cc2F)cc1.